The van der Waals surface area contributed by atoms with E-state index < -0.39 is 0 Å². The molecule has 1 saturated heterocycles. The maximum Gasteiger partial charge on any atom is 0.317 e. The maximum atomic E-state index is 11.0. The molecule has 74 valence electrons. The van der Waals surface area contributed by atoms with Crippen LogP contribution in [0.2, 0.25) is 0 Å². The number of carbonyl (C=O) groups excluding carboxylic acids is 2. The SMILES string of the molecule is CNC(=O)NCCN1CCNC1=O. The minimum absolute atomic E-state index is 0.0568. The van der Waals surface area contributed by atoms with Gasteiger partial charge in [-0.2, -0.15) is 0 Å². The Kier molecular flexibility index (Phi) is 3.36. The molecule has 3 N–H and O–H groups in total. The van der Waals surface area contributed by atoms with Gasteiger partial charge in [0.1, 0.15) is 0 Å². The van der Waals surface area contributed by atoms with Gasteiger partial charge in [-0.1, -0.05) is 0 Å². The van der Waals surface area contributed by atoms with Crippen molar-refractivity contribution in [3.8, 4) is 0 Å². The van der Waals surface area contributed by atoms with Crippen LogP contribution in [0.3, 0.4) is 0 Å². The molecule has 1 heterocycles. The number of nitrogens with zero attached hydrogens (tertiary/aromatic N) is 1. The predicted molar refractivity (Wildman–Crippen MR) is 47.4 cm³/mol. The molecule has 0 bridgehead atoms. The first-order valence-electron chi connectivity index (χ1n) is 4.22. The van der Waals surface area contributed by atoms with Gasteiger partial charge in [-0.25, -0.2) is 9.59 Å². The topological polar surface area (TPSA) is 73.5 Å². The van der Waals surface area contributed by atoms with Crippen molar-refractivity contribution in [1.82, 2.24) is 20.9 Å². The summed E-state index contributed by atoms with van der Waals surface area (Å²) in [4.78, 5) is 23.4. The molecule has 6 heteroatoms. The summed E-state index contributed by atoms with van der Waals surface area (Å²) in [6.45, 7) is 2.44. The Morgan fingerprint density at radius 2 is 2.46 bits per heavy atom. The highest BCUT2D eigenvalue weighted by Crippen LogP contribution is 1.93. The Morgan fingerprint density at radius 3 is 3.00 bits per heavy atom. The molecular formula is C7H14N4O2. The summed E-state index contributed by atoms with van der Waals surface area (Å²) in [6, 6.07) is -0.279. The van der Waals surface area contributed by atoms with Gasteiger partial charge >= 0.3 is 12.1 Å². The van der Waals surface area contributed by atoms with Gasteiger partial charge in [0.15, 0.2) is 0 Å². The molecule has 0 spiro atoms. The summed E-state index contributed by atoms with van der Waals surface area (Å²) in [5, 5.41) is 7.72. The van der Waals surface area contributed by atoms with Crippen LogP contribution < -0.4 is 16.0 Å². The normalized spacial score (nSPS) is 15.5. The third-order valence-corrected chi connectivity index (χ3v) is 1.84. The Balaban J connectivity index is 2.12. The maximum absolute atomic E-state index is 11.0. The summed E-state index contributed by atoms with van der Waals surface area (Å²) in [7, 11) is 1.55. The van der Waals surface area contributed by atoms with Crippen LogP contribution >= 0.6 is 0 Å². The molecule has 1 aliphatic heterocycles. The summed E-state index contributed by atoms with van der Waals surface area (Å²) in [5.41, 5.74) is 0. The molecule has 13 heavy (non-hydrogen) atoms. The minimum atomic E-state index is -0.223. The third kappa shape index (κ3) is 2.81. The van der Waals surface area contributed by atoms with E-state index in [4.69, 9.17) is 0 Å². The smallest absolute Gasteiger partial charge is 0.317 e. The number of hydrogen-bond donors (Lipinski definition) is 3. The van der Waals surface area contributed by atoms with Crippen LogP contribution in [0.4, 0.5) is 9.59 Å². The average molecular weight is 186 g/mol. The lowest BCUT2D eigenvalue weighted by Gasteiger charge is -2.13. The van der Waals surface area contributed by atoms with Gasteiger partial charge < -0.3 is 20.9 Å². The van der Waals surface area contributed by atoms with Crippen molar-refractivity contribution >= 4 is 12.1 Å². The lowest BCUT2D eigenvalue weighted by Crippen LogP contribution is -2.39. The van der Waals surface area contributed by atoms with Gasteiger partial charge in [0.05, 0.1) is 0 Å². The molecule has 0 saturated carbocycles. The fourth-order valence-corrected chi connectivity index (χ4v) is 1.12. The highest BCUT2D eigenvalue weighted by atomic mass is 16.2. The quantitative estimate of drug-likeness (QED) is 0.525. The van der Waals surface area contributed by atoms with E-state index in [1.807, 2.05) is 0 Å². The average Bonchev–Trinajstić information content (AvgIpc) is 2.52. The zero-order valence-electron chi connectivity index (χ0n) is 7.59. The molecule has 0 aromatic heterocycles. The van der Waals surface area contributed by atoms with Crippen molar-refractivity contribution in [2.45, 2.75) is 0 Å². The number of urea groups is 2. The number of rotatable bonds is 3. The van der Waals surface area contributed by atoms with Crippen LogP contribution in [0.5, 0.6) is 0 Å². The van der Waals surface area contributed by atoms with Crippen LogP contribution in [-0.4, -0.2) is 50.2 Å². The Hall–Kier alpha value is -1.46. The van der Waals surface area contributed by atoms with Gasteiger partial charge in [0.25, 0.3) is 0 Å². The van der Waals surface area contributed by atoms with Gasteiger partial charge in [-0.15, -0.1) is 0 Å². The molecule has 6 nitrogen and oxygen atoms in total. The molecule has 4 amide bonds. The van der Waals surface area contributed by atoms with Gasteiger partial charge in [-0.3, -0.25) is 0 Å². The Labute approximate surface area is 76.7 Å². The van der Waals surface area contributed by atoms with Crippen LogP contribution in [0, 0.1) is 0 Å². The van der Waals surface area contributed by atoms with E-state index in [-0.39, 0.29) is 12.1 Å². The van der Waals surface area contributed by atoms with Crippen LogP contribution in [0.15, 0.2) is 0 Å². The first kappa shape index (κ1) is 9.63. The van der Waals surface area contributed by atoms with E-state index in [2.05, 4.69) is 16.0 Å². The second-order valence-electron chi connectivity index (χ2n) is 2.72. The second kappa shape index (κ2) is 4.54. The molecule has 0 unspecified atom stereocenters. The Morgan fingerprint density at radius 1 is 1.69 bits per heavy atom. The zero-order valence-corrected chi connectivity index (χ0v) is 7.59. The zero-order chi connectivity index (χ0) is 9.68. The highest BCUT2D eigenvalue weighted by molar-refractivity contribution is 5.76. The second-order valence-corrected chi connectivity index (χ2v) is 2.72. The first-order valence-corrected chi connectivity index (χ1v) is 4.22. The minimum Gasteiger partial charge on any atom is -0.341 e. The van der Waals surface area contributed by atoms with Crippen molar-refractivity contribution in [2.75, 3.05) is 33.2 Å². The molecule has 0 aromatic carbocycles. The molecule has 0 atom stereocenters. The summed E-state index contributed by atoms with van der Waals surface area (Å²) in [5.74, 6) is 0. The lowest BCUT2D eigenvalue weighted by atomic mass is 10.5. The highest BCUT2D eigenvalue weighted by Gasteiger charge is 2.18. The van der Waals surface area contributed by atoms with Crippen LogP contribution in [0.25, 0.3) is 0 Å². The monoisotopic (exact) mass is 186 g/mol. The molecule has 0 aromatic rings. The Bertz CT molecular complexity index is 207. The van der Waals surface area contributed by atoms with E-state index in [0.29, 0.717) is 26.2 Å². The fourth-order valence-electron chi connectivity index (χ4n) is 1.12. The number of carbonyl (C=O) groups is 2. The van der Waals surface area contributed by atoms with Crippen LogP contribution in [0.1, 0.15) is 0 Å². The predicted octanol–water partition coefficient (Wildman–Crippen LogP) is -1.06. The summed E-state index contributed by atoms with van der Waals surface area (Å²) >= 11 is 0. The van der Waals surface area contributed by atoms with Crippen molar-refractivity contribution in [3.05, 3.63) is 0 Å². The molecular weight excluding hydrogens is 172 g/mol. The van der Waals surface area contributed by atoms with Gasteiger partial charge in [0, 0.05) is 33.2 Å². The van der Waals surface area contributed by atoms with E-state index >= 15 is 0 Å². The summed E-state index contributed by atoms with van der Waals surface area (Å²) in [6.07, 6.45) is 0. The van der Waals surface area contributed by atoms with Crippen molar-refractivity contribution in [1.29, 1.82) is 0 Å². The largest absolute Gasteiger partial charge is 0.341 e. The van der Waals surface area contributed by atoms with E-state index in [1.54, 1.807) is 11.9 Å². The fraction of sp³-hybridized carbons (Fsp3) is 0.714. The molecule has 1 aliphatic rings. The van der Waals surface area contributed by atoms with E-state index in [9.17, 15) is 9.59 Å². The van der Waals surface area contributed by atoms with Crippen LogP contribution in [-0.2, 0) is 0 Å². The number of nitrogens with one attached hydrogen (secondary N) is 3. The number of amides is 4. The lowest BCUT2D eigenvalue weighted by molar-refractivity contribution is 0.216. The summed E-state index contributed by atoms with van der Waals surface area (Å²) < 4.78 is 0. The number of hydrogen-bond acceptors (Lipinski definition) is 2. The van der Waals surface area contributed by atoms with E-state index in [1.165, 1.54) is 0 Å². The van der Waals surface area contributed by atoms with Gasteiger partial charge in [0.2, 0.25) is 0 Å². The standard InChI is InChI=1S/C7H14N4O2/c1-8-6(12)9-2-4-11-5-3-10-7(11)13/h2-5H2,1H3,(H,10,13)(H2,8,9,12). The third-order valence-electron chi connectivity index (χ3n) is 1.84. The first-order chi connectivity index (χ1) is 6.24. The van der Waals surface area contributed by atoms with Gasteiger partial charge in [-0.05, 0) is 0 Å². The molecule has 0 radical (unpaired) electrons. The molecule has 1 rings (SSSR count). The van der Waals surface area contributed by atoms with Crippen molar-refractivity contribution < 1.29 is 9.59 Å². The molecule has 1 fully saturated rings. The van der Waals surface area contributed by atoms with Crippen molar-refractivity contribution in [3.63, 3.8) is 0 Å². The van der Waals surface area contributed by atoms with E-state index in [0.717, 1.165) is 0 Å². The van der Waals surface area contributed by atoms with Crippen molar-refractivity contribution in [2.24, 2.45) is 0 Å². The molecule has 0 aliphatic carbocycles.